The summed E-state index contributed by atoms with van der Waals surface area (Å²) in [5.74, 6) is 0.768. The number of benzene rings is 1. The van der Waals surface area contributed by atoms with Crippen LogP contribution in [0.3, 0.4) is 0 Å². The molecule has 3 rings (SSSR count). The Balaban J connectivity index is 1.67. The second kappa shape index (κ2) is 6.50. The number of rotatable bonds is 4. The molecule has 1 aromatic carbocycles. The van der Waals surface area contributed by atoms with Gasteiger partial charge in [0.05, 0.1) is 18.5 Å². The maximum absolute atomic E-state index is 12.1. The van der Waals surface area contributed by atoms with E-state index in [2.05, 4.69) is 15.4 Å². The molecule has 2 heterocycles. The molecule has 0 aliphatic carbocycles. The lowest BCUT2D eigenvalue weighted by Crippen LogP contribution is -2.37. The number of carbonyl (C=O) groups excluding carboxylic acids is 1. The maximum Gasteiger partial charge on any atom is 0.290 e. The molecule has 0 spiro atoms. The summed E-state index contributed by atoms with van der Waals surface area (Å²) in [5.41, 5.74) is 1.62. The monoisotopic (exact) mass is 335 g/mol. The predicted octanol–water partition coefficient (Wildman–Crippen LogP) is 2.65. The Morgan fingerprint density at radius 3 is 3.00 bits per heavy atom. The van der Waals surface area contributed by atoms with Crippen LogP contribution < -0.4 is 15.0 Å². The number of ether oxygens (including phenoxy) is 1. The van der Waals surface area contributed by atoms with Gasteiger partial charge in [0.25, 0.3) is 5.91 Å². The lowest BCUT2D eigenvalue weighted by molar-refractivity contribution is 0.0903. The highest BCUT2D eigenvalue weighted by molar-refractivity contribution is 6.30. The number of methoxy groups -OCH3 is 1. The van der Waals surface area contributed by atoms with Crippen molar-refractivity contribution in [2.45, 2.75) is 19.4 Å². The largest absolute Gasteiger partial charge is 0.495 e. The van der Waals surface area contributed by atoms with Gasteiger partial charge in [-0.15, -0.1) is 0 Å². The molecule has 7 heteroatoms. The maximum atomic E-state index is 12.1. The molecule has 6 nitrogen and oxygen atoms in total. The fourth-order valence-corrected chi connectivity index (χ4v) is 2.90. The van der Waals surface area contributed by atoms with Crippen LogP contribution in [0.25, 0.3) is 0 Å². The molecular formula is C16H18ClN3O3. The lowest BCUT2D eigenvalue weighted by Gasteiger charge is -2.21. The lowest BCUT2D eigenvalue weighted by atomic mass is 10.2. The van der Waals surface area contributed by atoms with E-state index in [1.165, 1.54) is 0 Å². The van der Waals surface area contributed by atoms with Gasteiger partial charge in [0.15, 0.2) is 0 Å². The van der Waals surface area contributed by atoms with E-state index in [1.807, 2.05) is 12.1 Å². The summed E-state index contributed by atoms with van der Waals surface area (Å²) < 4.78 is 10.4. The number of nitrogens with zero attached hydrogens (tertiary/aromatic N) is 2. The number of halogens is 1. The second-order valence-corrected chi connectivity index (χ2v) is 5.99. The standard InChI is InChI=1S/C16H18ClN3O3/c1-10-7-15(23-19-10)16(21)18-12-5-6-20(9-12)13-8-11(17)3-4-14(13)22-2/h3-4,7-8,12H,5-6,9H2,1-2H3,(H,18,21)/t12-/m0/s1. The molecule has 0 saturated carbocycles. The van der Waals surface area contributed by atoms with Gasteiger partial charge in [-0.05, 0) is 31.5 Å². The molecule has 1 aliphatic rings. The SMILES string of the molecule is COc1ccc(Cl)cc1N1CC[C@H](NC(=O)c2cc(C)no2)C1. The molecule has 1 atom stereocenters. The highest BCUT2D eigenvalue weighted by Crippen LogP contribution is 2.33. The number of carbonyl (C=O) groups is 1. The zero-order valence-electron chi connectivity index (χ0n) is 13.0. The van der Waals surface area contributed by atoms with Crippen LogP contribution in [0.1, 0.15) is 22.7 Å². The van der Waals surface area contributed by atoms with Crippen molar-refractivity contribution in [1.29, 1.82) is 0 Å². The minimum absolute atomic E-state index is 0.0385. The fourth-order valence-electron chi connectivity index (χ4n) is 2.73. The van der Waals surface area contributed by atoms with Gasteiger partial charge in [-0.25, -0.2) is 0 Å². The predicted molar refractivity (Wildman–Crippen MR) is 87.3 cm³/mol. The Kier molecular flexibility index (Phi) is 4.43. The summed E-state index contributed by atoms with van der Waals surface area (Å²) >= 11 is 6.08. The molecule has 1 fully saturated rings. The summed E-state index contributed by atoms with van der Waals surface area (Å²) in [4.78, 5) is 14.3. The smallest absolute Gasteiger partial charge is 0.290 e. The normalized spacial score (nSPS) is 17.3. The third-order valence-corrected chi connectivity index (χ3v) is 4.09. The van der Waals surface area contributed by atoms with E-state index in [0.29, 0.717) is 17.3 Å². The van der Waals surface area contributed by atoms with Crippen LogP contribution in [-0.2, 0) is 0 Å². The van der Waals surface area contributed by atoms with Gasteiger partial charge in [-0.1, -0.05) is 16.8 Å². The molecule has 0 bridgehead atoms. The fraction of sp³-hybridized carbons (Fsp3) is 0.375. The highest BCUT2D eigenvalue weighted by atomic mass is 35.5. The van der Waals surface area contributed by atoms with Crippen LogP contribution in [0.2, 0.25) is 5.02 Å². The van der Waals surface area contributed by atoms with Crippen molar-refractivity contribution < 1.29 is 14.1 Å². The third kappa shape index (κ3) is 3.42. The molecule has 1 amide bonds. The zero-order chi connectivity index (χ0) is 16.4. The van der Waals surface area contributed by atoms with E-state index in [0.717, 1.165) is 24.4 Å². The van der Waals surface area contributed by atoms with E-state index < -0.39 is 0 Å². The number of aryl methyl sites for hydroxylation is 1. The third-order valence-electron chi connectivity index (χ3n) is 3.86. The number of aromatic nitrogens is 1. The van der Waals surface area contributed by atoms with Crippen molar-refractivity contribution in [3.8, 4) is 5.75 Å². The summed E-state index contributed by atoms with van der Waals surface area (Å²) in [7, 11) is 1.63. The highest BCUT2D eigenvalue weighted by Gasteiger charge is 2.27. The first-order chi connectivity index (χ1) is 11.1. The first-order valence-electron chi connectivity index (χ1n) is 7.39. The van der Waals surface area contributed by atoms with Gasteiger partial charge in [0.2, 0.25) is 5.76 Å². The Hall–Kier alpha value is -2.21. The number of hydrogen-bond donors (Lipinski definition) is 1. The van der Waals surface area contributed by atoms with Gasteiger partial charge >= 0.3 is 0 Å². The van der Waals surface area contributed by atoms with E-state index >= 15 is 0 Å². The number of amides is 1. The van der Waals surface area contributed by atoms with Crippen LogP contribution in [0.4, 0.5) is 5.69 Å². The molecule has 122 valence electrons. The minimum Gasteiger partial charge on any atom is -0.495 e. The topological polar surface area (TPSA) is 67.6 Å². The van der Waals surface area contributed by atoms with Crippen molar-refractivity contribution in [2.75, 3.05) is 25.1 Å². The quantitative estimate of drug-likeness (QED) is 0.930. The Morgan fingerprint density at radius 1 is 1.48 bits per heavy atom. The van der Waals surface area contributed by atoms with Crippen molar-refractivity contribution >= 4 is 23.2 Å². The summed E-state index contributed by atoms with van der Waals surface area (Å²) in [6.07, 6.45) is 0.842. The number of hydrogen-bond acceptors (Lipinski definition) is 5. The van der Waals surface area contributed by atoms with Gasteiger partial charge < -0.3 is 19.5 Å². The molecule has 0 unspecified atom stereocenters. The van der Waals surface area contributed by atoms with Gasteiger partial charge in [0, 0.05) is 30.2 Å². The van der Waals surface area contributed by atoms with Gasteiger partial charge in [0.1, 0.15) is 5.75 Å². The average Bonchev–Trinajstić information content (AvgIpc) is 3.16. The van der Waals surface area contributed by atoms with E-state index in [1.54, 1.807) is 26.2 Å². The van der Waals surface area contributed by atoms with Crippen LogP contribution in [-0.4, -0.2) is 37.3 Å². The molecule has 0 radical (unpaired) electrons. The molecular weight excluding hydrogens is 318 g/mol. The molecule has 1 aromatic heterocycles. The number of nitrogens with one attached hydrogen (secondary N) is 1. The second-order valence-electron chi connectivity index (χ2n) is 5.55. The van der Waals surface area contributed by atoms with Crippen molar-refractivity contribution in [3.63, 3.8) is 0 Å². The van der Waals surface area contributed by atoms with E-state index in [9.17, 15) is 4.79 Å². The minimum atomic E-state index is -0.240. The van der Waals surface area contributed by atoms with Crippen LogP contribution in [0.5, 0.6) is 5.75 Å². The Bertz CT molecular complexity index is 716. The Morgan fingerprint density at radius 2 is 2.30 bits per heavy atom. The first-order valence-corrected chi connectivity index (χ1v) is 7.77. The Labute approximate surface area is 139 Å². The van der Waals surface area contributed by atoms with Crippen LogP contribution >= 0.6 is 11.6 Å². The molecule has 23 heavy (non-hydrogen) atoms. The van der Waals surface area contributed by atoms with E-state index in [-0.39, 0.29) is 17.7 Å². The van der Waals surface area contributed by atoms with Crippen molar-refractivity contribution in [1.82, 2.24) is 10.5 Å². The van der Waals surface area contributed by atoms with Gasteiger partial charge in [-0.3, -0.25) is 4.79 Å². The molecule has 1 N–H and O–H groups in total. The average molecular weight is 336 g/mol. The number of anilines is 1. The summed E-state index contributed by atoms with van der Waals surface area (Å²) in [6, 6.07) is 7.19. The summed E-state index contributed by atoms with van der Waals surface area (Å²) in [5, 5.41) is 7.36. The zero-order valence-corrected chi connectivity index (χ0v) is 13.8. The van der Waals surface area contributed by atoms with Crippen LogP contribution in [0.15, 0.2) is 28.8 Å². The molecule has 2 aromatic rings. The summed E-state index contributed by atoms with van der Waals surface area (Å²) in [6.45, 7) is 3.29. The van der Waals surface area contributed by atoms with Crippen molar-refractivity contribution in [3.05, 3.63) is 40.7 Å². The van der Waals surface area contributed by atoms with Crippen LogP contribution in [0, 0.1) is 6.92 Å². The van der Waals surface area contributed by atoms with Gasteiger partial charge in [-0.2, -0.15) is 0 Å². The van der Waals surface area contributed by atoms with E-state index in [4.69, 9.17) is 20.9 Å². The first kappa shape index (κ1) is 15.7. The molecule has 1 saturated heterocycles. The molecule has 1 aliphatic heterocycles. The van der Waals surface area contributed by atoms with Crippen molar-refractivity contribution in [2.24, 2.45) is 0 Å².